The van der Waals surface area contributed by atoms with Crippen LogP contribution >= 0.6 is 0 Å². The zero-order valence-electron chi connectivity index (χ0n) is 42.7. The molecule has 13 aromatic rings. The third-order valence-electron chi connectivity index (χ3n) is 14.3. The summed E-state index contributed by atoms with van der Waals surface area (Å²) >= 11 is 0. The van der Waals surface area contributed by atoms with Gasteiger partial charge >= 0.3 is 11.9 Å². The molecule has 13 rings (SSSR count). The molecule has 378 valence electrons. The van der Waals surface area contributed by atoms with Gasteiger partial charge in [0.05, 0.1) is 51.4 Å². The van der Waals surface area contributed by atoms with E-state index in [-0.39, 0.29) is 13.2 Å². The summed E-state index contributed by atoms with van der Waals surface area (Å²) in [5.74, 6) is 0.270. The van der Waals surface area contributed by atoms with Gasteiger partial charge in [0.15, 0.2) is 23.2 Å². The Balaban J connectivity index is 0.919. The van der Waals surface area contributed by atoms with Crippen LogP contribution in [0.5, 0.6) is 0 Å². The van der Waals surface area contributed by atoms with Crippen molar-refractivity contribution in [2.45, 2.75) is 13.2 Å². The summed E-state index contributed by atoms with van der Waals surface area (Å²) in [6, 6.07) is 77.7. The maximum absolute atomic E-state index is 13.5. The fourth-order valence-electron chi connectivity index (χ4n) is 10.5. The van der Waals surface area contributed by atoms with E-state index in [9.17, 15) is 14.9 Å². The van der Waals surface area contributed by atoms with E-state index in [0.717, 1.165) is 82.8 Å². The summed E-state index contributed by atoms with van der Waals surface area (Å²) in [5.41, 5.74) is 12.3. The summed E-state index contributed by atoms with van der Waals surface area (Å²) in [6.45, 7) is 8.93. The van der Waals surface area contributed by atoms with Gasteiger partial charge in [-0.2, -0.15) is 5.26 Å². The first-order valence-corrected chi connectivity index (χ1v) is 25.9. The molecule has 0 radical (unpaired) electrons. The van der Waals surface area contributed by atoms with Gasteiger partial charge in [-0.05, 0) is 113 Å². The Bertz CT molecular complexity index is 4650. The van der Waals surface area contributed by atoms with Gasteiger partial charge in [0.1, 0.15) is 13.2 Å². The Morgan fingerprint density at radius 2 is 0.900 bits per heavy atom. The minimum Gasteiger partial charge on any atom is -0.457 e. The maximum atomic E-state index is 13.5. The quantitative estimate of drug-likeness (QED) is 0.0874. The number of aromatic nitrogens is 5. The lowest BCUT2D eigenvalue weighted by Gasteiger charge is -2.16. The van der Waals surface area contributed by atoms with Crippen molar-refractivity contribution in [2.24, 2.45) is 0 Å². The topological polar surface area (TPSA) is 129 Å². The molecule has 0 bridgehead atoms. The van der Waals surface area contributed by atoms with E-state index < -0.39 is 11.9 Å². The summed E-state index contributed by atoms with van der Waals surface area (Å²) in [5, 5.41) is 13.5. The van der Waals surface area contributed by atoms with E-state index in [1.807, 2.05) is 194 Å². The average molecular weight is 1030 g/mol. The number of carbonyl (C=O) groups is 2. The number of esters is 2. The summed E-state index contributed by atoms with van der Waals surface area (Å²) in [6.07, 6.45) is 0. The summed E-state index contributed by atoms with van der Waals surface area (Å²) in [4.78, 5) is 46.4. The van der Waals surface area contributed by atoms with E-state index in [1.54, 1.807) is 24.3 Å². The average Bonchev–Trinajstić information content (AvgIpc) is 4.20. The zero-order valence-corrected chi connectivity index (χ0v) is 42.7. The van der Waals surface area contributed by atoms with Crippen LogP contribution in [0.25, 0.3) is 105 Å². The number of rotatable bonds is 12. The lowest BCUT2D eigenvalue weighted by atomic mass is 9.97. The molecule has 0 N–H and O–H groups in total. The highest BCUT2D eigenvalue weighted by molar-refractivity contribution is 6.12. The minimum atomic E-state index is -0.419. The van der Waals surface area contributed by atoms with Crippen molar-refractivity contribution in [1.82, 2.24) is 24.1 Å². The van der Waals surface area contributed by atoms with Gasteiger partial charge in [-0.1, -0.05) is 146 Å². The number of fused-ring (bicyclic) bond motifs is 6. The van der Waals surface area contributed by atoms with Crippen LogP contribution in [0.1, 0.15) is 37.4 Å². The number of para-hydroxylation sites is 2. The third kappa shape index (κ3) is 9.03. The monoisotopic (exact) mass is 1030 g/mol. The van der Waals surface area contributed by atoms with E-state index in [1.165, 1.54) is 0 Å². The van der Waals surface area contributed by atoms with Crippen molar-refractivity contribution < 1.29 is 19.1 Å². The lowest BCUT2D eigenvalue weighted by Crippen LogP contribution is -2.05. The molecule has 3 heterocycles. The minimum absolute atomic E-state index is 0.162. The molecule has 0 saturated heterocycles. The molecule has 3 aromatic heterocycles. The number of hydrogen-bond acceptors (Lipinski definition) is 8. The Labute approximate surface area is 459 Å². The highest BCUT2D eigenvalue weighted by Crippen LogP contribution is 2.41. The smallest absolute Gasteiger partial charge is 0.338 e. The first kappa shape index (κ1) is 48.4. The summed E-state index contributed by atoms with van der Waals surface area (Å²) < 4.78 is 15.7. The van der Waals surface area contributed by atoms with Crippen LogP contribution in [-0.2, 0) is 22.7 Å². The van der Waals surface area contributed by atoms with Gasteiger partial charge < -0.3 is 18.6 Å². The van der Waals surface area contributed by atoms with Gasteiger partial charge in [-0.3, -0.25) is 0 Å². The number of carbonyl (C=O) groups excluding carboxylic acids is 2. The van der Waals surface area contributed by atoms with Crippen molar-refractivity contribution in [1.29, 1.82) is 5.26 Å². The predicted molar refractivity (Wildman–Crippen MR) is 312 cm³/mol. The van der Waals surface area contributed by atoms with Crippen LogP contribution in [0.2, 0.25) is 0 Å². The number of nitriles is 1. The Morgan fingerprint density at radius 3 is 1.44 bits per heavy atom. The van der Waals surface area contributed by atoms with E-state index in [2.05, 4.69) is 38.2 Å². The van der Waals surface area contributed by atoms with Gasteiger partial charge in [0.25, 0.3) is 0 Å². The molecule has 0 saturated carbocycles. The van der Waals surface area contributed by atoms with Crippen molar-refractivity contribution in [3.63, 3.8) is 0 Å². The van der Waals surface area contributed by atoms with Crippen molar-refractivity contribution in [3.05, 3.63) is 276 Å². The second-order valence-electron chi connectivity index (χ2n) is 19.2. The third-order valence-corrected chi connectivity index (χ3v) is 14.3. The molecule has 0 unspecified atom stereocenters. The molecule has 11 heteroatoms. The Kier molecular flexibility index (Phi) is 12.5. The highest BCUT2D eigenvalue weighted by Gasteiger charge is 2.23. The molecular weight excluding hydrogens is 991 g/mol. The first-order chi connectivity index (χ1) is 39.4. The van der Waals surface area contributed by atoms with Crippen molar-refractivity contribution in [2.75, 3.05) is 0 Å². The predicted octanol–water partition coefficient (Wildman–Crippen LogP) is 15.9. The first-order valence-electron chi connectivity index (χ1n) is 25.9. The Morgan fingerprint density at radius 1 is 0.438 bits per heavy atom. The molecule has 0 fully saturated rings. The second-order valence-corrected chi connectivity index (χ2v) is 19.2. The normalized spacial score (nSPS) is 11.2. The van der Waals surface area contributed by atoms with E-state index in [4.69, 9.17) is 31.0 Å². The highest BCUT2D eigenvalue weighted by atomic mass is 16.5. The molecule has 0 aliphatic heterocycles. The molecular formula is C69H43N7O4. The fraction of sp³-hybridized carbons (Fsp3) is 0.0290. The molecule has 0 atom stereocenters. The molecule has 80 heavy (non-hydrogen) atoms. The molecule has 0 aliphatic carbocycles. The number of nitrogens with zero attached hydrogens (tertiary/aromatic N) is 7. The number of ether oxygens (including phenoxy) is 2. The maximum Gasteiger partial charge on any atom is 0.338 e. The van der Waals surface area contributed by atoms with E-state index in [0.29, 0.717) is 51.0 Å². The van der Waals surface area contributed by atoms with Crippen molar-refractivity contribution in [3.8, 4) is 62.7 Å². The standard InChI is InChI=1S/C69H43N7O4/c1-71-60-40-52(76-62-24-14-12-22-54(62)59-38-50(30-36-64(59)76)69(78)80-43-46-17-7-3-8-18-46)32-34-56(60)67-73-65(48-19-9-4-10-20-48)72-66(74-67)55-33-31-51(39-57(55)47-27-25-44(41-70)26-28-47)75-61-23-13-11-21-53(61)58-37-49(29-35-63(58)75)68(77)79-42-45-15-5-2-6-16-45/h2-40H,42-43H2. The second kappa shape index (κ2) is 20.7. The van der Waals surface area contributed by atoms with Crippen LogP contribution in [-0.4, -0.2) is 36.0 Å². The molecule has 0 amide bonds. The van der Waals surface area contributed by atoms with Crippen LogP contribution in [0.3, 0.4) is 0 Å². The lowest BCUT2D eigenvalue weighted by molar-refractivity contribution is 0.0464. The fourth-order valence-corrected chi connectivity index (χ4v) is 10.5. The SMILES string of the molecule is [C-]#[N+]c1cc(-n2c3ccccc3c3cc(C(=O)OCc4ccccc4)ccc32)ccc1-c1nc(-c2ccccc2)nc(-c2ccc(-n3c4ccccc4c4cc(C(=O)OCc5ccccc5)ccc43)cc2-c2ccc(C#N)cc2)n1. The summed E-state index contributed by atoms with van der Waals surface area (Å²) in [7, 11) is 0. The molecule has 0 spiro atoms. The molecule has 0 aliphatic rings. The Hall–Kier alpha value is -11.3. The molecule has 10 aromatic carbocycles. The van der Waals surface area contributed by atoms with Gasteiger partial charge in [-0.25, -0.2) is 29.4 Å². The number of benzene rings is 10. The van der Waals surface area contributed by atoms with Crippen LogP contribution in [0.15, 0.2) is 237 Å². The van der Waals surface area contributed by atoms with Gasteiger partial charge in [0, 0.05) is 49.6 Å². The van der Waals surface area contributed by atoms with Gasteiger partial charge in [0.2, 0.25) is 0 Å². The van der Waals surface area contributed by atoms with Crippen molar-refractivity contribution >= 4 is 61.2 Å². The van der Waals surface area contributed by atoms with Crippen LogP contribution < -0.4 is 0 Å². The largest absolute Gasteiger partial charge is 0.457 e. The van der Waals surface area contributed by atoms with Gasteiger partial charge in [-0.15, -0.1) is 0 Å². The molecule has 11 nitrogen and oxygen atoms in total. The van der Waals surface area contributed by atoms with Crippen LogP contribution in [0.4, 0.5) is 5.69 Å². The zero-order chi connectivity index (χ0) is 54.1. The van der Waals surface area contributed by atoms with E-state index >= 15 is 0 Å². The number of hydrogen-bond donors (Lipinski definition) is 0. The van der Waals surface area contributed by atoms with Crippen LogP contribution in [0, 0.1) is 17.9 Å².